The number of carbonyl (C=O) groups is 1. The van der Waals surface area contributed by atoms with Gasteiger partial charge in [0.25, 0.3) is 0 Å². The summed E-state index contributed by atoms with van der Waals surface area (Å²) >= 11 is 12.0. The number of benzene rings is 3. The molecule has 156 valence electrons. The maximum Gasteiger partial charge on any atom is 0.338 e. The Morgan fingerprint density at radius 3 is 2.52 bits per heavy atom. The number of tetrazole rings is 1. The molecule has 0 aliphatic rings. The van der Waals surface area contributed by atoms with E-state index in [9.17, 15) is 9.18 Å². The fourth-order valence-electron chi connectivity index (χ4n) is 2.83. The molecule has 0 bridgehead atoms. The van der Waals surface area contributed by atoms with E-state index in [1.807, 2.05) is 0 Å². The molecule has 0 aliphatic carbocycles. The largest absolute Gasteiger partial charge is 0.457 e. The summed E-state index contributed by atoms with van der Waals surface area (Å²) in [6.07, 6.45) is 0. The third-order valence-electron chi connectivity index (χ3n) is 4.48. The van der Waals surface area contributed by atoms with E-state index in [1.165, 1.54) is 10.9 Å². The van der Waals surface area contributed by atoms with Crippen LogP contribution in [-0.2, 0) is 17.9 Å². The van der Waals surface area contributed by atoms with Gasteiger partial charge in [-0.2, -0.15) is 4.80 Å². The summed E-state index contributed by atoms with van der Waals surface area (Å²) in [5, 5.41) is 13.2. The van der Waals surface area contributed by atoms with Gasteiger partial charge >= 0.3 is 5.97 Å². The zero-order valence-corrected chi connectivity index (χ0v) is 17.5. The van der Waals surface area contributed by atoms with E-state index in [1.54, 1.807) is 60.7 Å². The first kappa shape index (κ1) is 21.0. The lowest BCUT2D eigenvalue weighted by atomic mass is 10.1. The molecule has 0 atom stereocenters. The topological polar surface area (TPSA) is 69.9 Å². The second kappa shape index (κ2) is 9.24. The van der Waals surface area contributed by atoms with Crippen LogP contribution in [0.1, 0.15) is 21.5 Å². The molecule has 0 N–H and O–H groups in total. The number of halogens is 3. The first-order valence-corrected chi connectivity index (χ1v) is 9.98. The molecular formula is C22H15Cl2FN4O2. The van der Waals surface area contributed by atoms with E-state index in [2.05, 4.69) is 15.4 Å². The monoisotopic (exact) mass is 456 g/mol. The number of rotatable bonds is 6. The number of carbonyl (C=O) groups excluding carboxylic acids is 1. The van der Waals surface area contributed by atoms with Crippen molar-refractivity contribution in [3.63, 3.8) is 0 Å². The third-order valence-corrected chi connectivity index (χ3v) is 5.06. The molecule has 0 saturated carbocycles. The van der Waals surface area contributed by atoms with Crippen molar-refractivity contribution >= 4 is 29.2 Å². The van der Waals surface area contributed by atoms with Crippen LogP contribution in [0.15, 0.2) is 66.7 Å². The summed E-state index contributed by atoms with van der Waals surface area (Å²) < 4.78 is 19.1. The van der Waals surface area contributed by atoms with Gasteiger partial charge in [-0.15, -0.1) is 10.2 Å². The molecule has 0 amide bonds. The lowest BCUT2D eigenvalue weighted by Crippen LogP contribution is -2.06. The van der Waals surface area contributed by atoms with Gasteiger partial charge in [0, 0.05) is 26.7 Å². The van der Waals surface area contributed by atoms with Gasteiger partial charge in [-0.25, -0.2) is 9.18 Å². The second-order valence-electron chi connectivity index (χ2n) is 6.62. The number of ether oxygens (including phenoxy) is 1. The minimum Gasteiger partial charge on any atom is -0.457 e. The molecule has 9 heteroatoms. The highest BCUT2D eigenvalue weighted by Gasteiger charge is 2.12. The molecule has 1 aromatic heterocycles. The maximum atomic E-state index is 13.8. The predicted octanol–water partition coefficient (Wildman–Crippen LogP) is 5.19. The van der Waals surface area contributed by atoms with E-state index >= 15 is 0 Å². The van der Waals surface area contributed by atoms with Crippen LogP contribution in [-0.4, -0.2) is 26.2 Å². The molecule has 4 rings (SSSR count). The highest BCUT2D eigenvalue weighted by Crippen LogP contribution is 2.22. The Kier molecular flexibility index (Phi) is 6.25. The summed E-state index contributed by atoms with van der Waals surface area (Å²) in [5.74, 6) is -0.456. The lowest BCUT2D eigenvalue weighted by molar-refractivity contribution is 0.0473. The Balaban J connectivity index is 1.40. The number of hydrogen-bond acceptors (Lipinski definition) is 5. The zero-order valence-electron chi connectivity index (χ0n) is 16.0. The van der Waals surface area contributed by atoms with Crippen molar-refractivity contribution in [2.45, 2.75) is 13.2 Å². The summed E-state index contributed by atoms with van der Waals surface area (Å²) in [6.45, 7) is 0.194. The first-order chi connectivity index (χ1) is 15.0. The van der Waals surface area contributed by atoms with Crippen molar-refractivity contribution in [2.24, 2.45) is 0 Å². The van der Waals surface area contributed by atoms with Crippen LogP contribution in [0.5, 0.6) is 0 Å². The highest BCUT2D eigenvalue weighted by atomic mass is 35.5. The fourth-order valence-corrected chi connectivity index (χ4v) is 3.29. The van der Waals surface area contributed by atoms with Crippen molar-refractivity contribution in [2.75, 3.05) is 0 Å². The van der Waals surface area contributed by atoms with E-state index in [4.69, 9.17) is 27.9 Å². The number of esters is 1. The Hall–Kier alpha value is -3.29. The Morgan fingerprint density at radius 2 is 1.77 bits per heavy atom. The standard InChI is InChI=1S/C22H15Cl2FN4O2/c23-18-10-9-17(19(24)11-18)13-31-22(30)15-7-5-14(6-8-15)21-26-28-29(27-21)12-16-3-1-2-4-20(16)25/h1-11H,12-13H2. The maximum absolute atomic E-state index is 13.8. The van der Waals surface area contributed by atoms with Crippen molar-refractivity contribution in [3.05, 3.63) is 99.3 Å². The third kappa shape index (κ3) is 5.07. The van der Waals surface area contributed by atoms with Gasteiger partial charge in [0.15, 0.2) is 0 Å². The predicted molar refractivity (Wildman–Crippen MR) is 114 cm³/mol. The first-order valence-electron chi connectivity index (χ1n) is 9.22. The van der Waals surface area contributed by atoms with Gasteiger partial charge < -0.3 is 4.74 Å². The van der Waals surface area contributed by atoms with Gasteiger partial charge in [0.2, 0.25) is 5.82 Å². The zero-order chi connectivity index (χ0) is 21.8. The molecule has 31 heavy (non-hydrogen) atoms. The van der Waals surface area contributed by atoms with Crippen molar-refractivity contribution in [1.29, 1.82) is 0 Å². The minimum atomic E-state index is -0.492. The Labute approximate surface area is 187 Å². The number of nitrogens with zero attached hydrogens (tertiary/aromatic N) is 4. The lowest BCUT2D eigenvalue weighted by Gasteiger charge is -2.07. The Bertz CT molecular complexity index is 1230. The van der Waals surface area contributed by atoms with Crippen LogP contribution in [0.4, 0.5) is 4.39 Å². The van der Waals surface area contributed by atoms with E-state index < -0.39 is 5.97 Å². The average Bonchev–Trinajstić information content (AvgIpc) is 3.23. The quantitative estimate of drug-likeness (QED) is 0.373. The van der Waals surface area contributed by atoms with E-state index in [-0.39, 0.29) is 19.0 Å². The van der Waals surface area contributed by atoms with Crippen molar-refractivity contribution in [3.8, 4) is 11.4 Å². The molecule has 3 aromatic carbocycles. The molecule has 1 heterocycles. The van der Waals surface area contributed by atoms with Crippen LogP contribution in [0.3, 0.4) is 0 Å². The molecule has 0 unspecified atom stereocenters. The summed E-state index contributed by atoms with van der Waals surface area (Å²) in [6, 6.07) is 18.0. The number of hydrogen-bond donors (Lipinski definition) is 0. The van der Waals surface area contributed by atoms with E-state index in [0.29, 0.717) is 38.1 Å². The average molecular weight is 457 g/mol. The molecular weight excluding hydrogens is 442 g/mol. The molecule has 0 radical (unpaired) electrons. The van der Waals surface area contributed by atoms with Crippen LogP contribution < -0.4 is 0 Å². The highest BCUT2D eigenvalue weighted by molar-refractivity contribution is 6.35. The van der Waals surface area contributed by atoms with Crippen molar-refractivity contribution < 1.29 is 13.9 Å². The molecule has 4 aromatic rings. The Morgan fingerprint density at radius 1 is 1.00 bits per heavy atom. The summed E-state index contributed by atoms with van der Waals surface area (Å²) in [7, 11) is 0. The van der Waals surface area contributed by atoms with Gasteiger partial charge in [0.05, 0.1) is 12.1 Å². The summed E-state index contributed by atoms with van der Waals surface area (Å²) in [4.78, 5) is 13.6. The van der Waals surface area contributed by atoms with Gasteiger partial charge in [0.1, 0.15) is 12.4 Å². The fraction of sp³-hybridized carbons (Fsp3) is 0.0909. The number of aromatic nitrogens is 4. The minimum absolute atomic E-state index is 0.0303. The van der Waals surface area contributed by atoms with Crippen LogP contribution in [0.2, 0.25) is 10.0 Å². The van der Waals surface area contributed by atoms with Crippen LogP contribution >= 0.6 is 23.2 Å². The normalized spacial score (nSPS) is 10.8. The second-order valence-corrected chi connectivity index (χ2v) is 7.47. The van der Waals surface area contributed by atoms with Gasteiger partial charge in [-0.3, -0.25) is 0 Å². The van der Waals surface area contributed by atoms with Crippen LogP contribution in [0, 0.1) is 5.82 Å². The SMILES string of the molecule is O=C(OCc1ccc(Cl)cc1Cl)c1ccc(-c2nnn(Cc3ccccc3F)n2)cc1. The molecule has 0 fully saturated rings. The van der Waals surface area contributed by atoms with E-state index in [0.717, 1.165) is 0 Å². The molecule has 0 saturated heterocycles. The van der Waals surface area contributed by atoms with Crippen LogP contribution in [0.25, 0.3) is 11.4 Å². The molecule has 0 aliphatic heterocycles. The van der Waals surface area contributed by atoms with Crippen molar-refractivity contribution in [1.82, 2.24) is 20.2 Å². The molecule has 6 nitrogen and oxygen atoms in total. The summed E-state index contributed by atoms with van der Waals surface area (Å²) in [5.41, 5.74) is 2.15. The smallest absolute Gasteiger partial charge is 0.338 e. The van der Waals surface area contributed by atoms with Gasteiger partial charge in [-0.05, 0) is 35.5 Å². The molecule has 0 spiro atoms. The van der Waals surface area contributed by atoms with Gasteiger partial charge in [-0.1, -0.05) is 59.6 Å².